The molecule has 0 bridgehead atoms. The van der Waals surface area contributed by atoms with E-state index in [1.807, 2.05) is 0 Å². The van der Waals surface area contributed by atoms with Crippen molar-refractivity contribution in [2.24, 2.45) is 11.7 Å². The minimum Gasteiger partial charge on any atom is -0.378 e. The topological polar surface area (TPSA) is 38.5 Å². The SMILES string of the molecule is CCCC1CC(CN)(N2CCCC(CC)C2)CCO1. The van der Waals surface area contributed by atoms with Crippen LogP contribution in [0.5, 0.6) is 0 Å². The Morgan fingerprint density at radius 3 is 2.89 bits per heavy atom. The van der Waals surface area contributed by atoms with Crippen molar-refractivity contribution in [3.05, 3.63) is 0 Å². The van der Waals surface area contributed by atoms with Gasteiger partial charge in [-0.1, -0.05) is 26.7 Å². The second kappa shape index (κ2) is 7.05. The maximum absolute atomic E-state index is 6.22. The third-order valence-electron chi connectivity index (χ3n) is 5.29. The first kappa shape index (κ1) is 15.3. The molecule has 0 aromatic carbocycles. The van der Waals surface area contributed by atoms with Gasteiger partial charge in [-0.15, -0.1) is 0 Å². The molecule has 2 fully saturated rings. The fraction of sp³-hybridized carbons (Fsp3) is 1.00. The molecule has 2 aliphatic heterocycles. The third kappa shape index (κ3) is 3.50. The highest BCUT2D eigenvalue weighted by atomic mass is 16.5. The lowest BCUT2D eigenvalue weighted by atomic mass is 9.81. The summed E-state index contributed by atoms with van der Waals surface area (Å²) < 4.78 is 5.94. The van der Waals surface area contributed by atoms with Gasteiger partial charge < -0.3 is 10.5 Å². The second-order valence-corrected chi connectivity index (χ2v) is 6.53. The highest BCUT2D eigenvalue weighted by Crippen LogP contribution is 2.35. The van der Waals surface area contributed by atoms with Crippen molar-refractivity contribution in [3.63, 3.8) is 0 Å². The zero-order chi connectivity index (χ0) is 13.7. The summed E-state index contributed by atoms with van der Waals surface area (Å²) in [4.78, 5) is 2.72. The zero-order valence-electron chi connectivity index (χ0n) is 12.9. The van der Waals surface area contributed by atoms with Gasteiger partial charge in [0, 0.05) is 25.2 Å². The molecular weight excluding hydrogens is 236 g/mol. The van der Waals surface area contributed by atoms with E-state index in [1.165, 1.54) is 45.2 Å². The van der Waals surface area contributed by atoms with Crippen LogP contribution in [0.1, 0.15) is 58.8 Å². The average molecular weight is 268 g/mol. The van der Waals surface area contributed by atoms with Crippen molar-refractivity contribution in [2.45, 2.75) is 70.4 Å². The Hall–Kier alpha value is -0.120. The molecule has 0 amide bonds. The first-order valence-electron chi connectivity index (χ1n) is 8.30. The average Bonchev–Trinajstić information content (AvgIpc) is 2.48. The van der Waals surface area contributed by atoms with E-state index in [0.717, 1.165) is 31.9 Å². The number of hydrogen-bond acceptors (Lipinski definition) is 3. The van der Waals surface area contributed by atoms with E-state index in [0.29, 0.717) is 6.10 Å². The molecule has 3 unspecified atom stereocenters. The summed E-state index contributed by atoms with van der Waals surface area (Å²) in [6.45, 7) is 8.77. The van der Waals surface area contributed by atoms with Crippen LogP contribution in [0.15, 0.2) is 0 Å². The molecule has 3 atom stereocenters. The fourth-order valence-corrected chi connectivity index (χ4v) is 3.94. The molecule has 0 spiro atoms. The minimum atomic E-state index is 0.228. The van der Waals surface area contributed by atoms with Crippen LogP contribution in [0.4, 0.5) is 0 Å². The van der Waals surface area contributed by atoms with Crippen LogP contribution < -0.4 is 5.73 Å². The van der Waals surface area contributed by atoms with E-state index in [1.54, 1.807) is 0 Å². The van der Waals surface area contributed by atoms with Crippen LogP contribution in [0.25, 0.3) is 0 Å². The Balaban J connectivity index is 2.03. The Bertz CT molecular complexity index is 269. The van der Waals surface area contributed by atoms with Gasteiger partial charge in [0.1, 0.15) is 0 Å². The Morgan fingerprint density at radius 2 is 2.21 bits per heavy atom. The molecule has 2 heterocycles. The van der Waals surface area contributed by atoms with E-state index >= 15 is 0 Å². The number of likely N-dealkylation sites (tertiary alicyclic amines) is 1. The normalized spacial score (nSPS) is 37.4. The van der Waals surface area contributed by atoms with Gasteiger partial charge >= 0.3 is 0 Å². The molecular formula is C16H32N2O. The number of nitrogens with two attached hydrogens (primary N) is 1. The van der Waals surface area contributed by atoms with E-state index in [9.17, 15) is 0 Å². The van der Waals surface area contributed by atoms with Gasteiger partial charge in [-0.3, -0.25) is 4.90 Å². The molecule has 0 saturated carbocycles. The van der Waals surface area contributed by atoms with E-state index < -0.39 is 0 Å². The van der Waals surface area contributed by atoms with Crippen molar-refractivity contribution in [1.29, 1.82) is 0 Å². The lowest BCUT2D eigenvalue weighted by molar-refractivity contribution is -0.0838. The summed E-state index contributed by atoms with van der Waals surface area (Å²) in [6.07, 6.45) is 9.17. The Kier molecular flexibility index (Phi) is 5.67. The standard InChI is InChI=1S/C16H32N2O/c1-3-6-15-11-16(13-17,8-10-19-15)18-9-5-7-14(4-2)12-18/h14-15H,3-13,17H2,1-2H3. The van der Waals surface area contributed by atoms with Crippen molar-refractivity contribution >= 4 is 0 Å². The summed E-state index contributed by atoms with van der Waals surface area (Å²) in [5.41, 5.74) is 6.45. The van der Waals surface area contributed by atoms with Gasteiger partial charge in [-0.25, -0.2) is 0 Å². The first-order valence-corrected chi connectivity index (χ1v) is 8.30. The monoisotopic (exact) mass is 268 g/mol. The smallest absolute Gasteiger partial charge is 0.0593 e. The largest absolute Gasteiger partial charge is 0.378 e. The molecule has 2 aliphatic rings. The number of piperidine rings is 1. The molecule has 112 valence electrons. The summed E-state index contributed by atoms with van der Waals surface area (Å²) in [5, 5.41) is 0. The van der Waals surface area contributed by atoms with Crippen molar-refractivity contribution in [3.8, 4) is 0 Å². The van der Waals surface area contributed by atoms with Crippen LogP contribution in [0.2, 0.25) is 0 Å². The molecule has 0 aromatic rings. The predicted molar refractivity (Wildman–Crippen MR) is 80.3 cm³/mol. The van der Waals surface area contributed by atoms with E-state index in [4.69, 9.17) is 10.5 Å². The van der Waals surface area contributed by atoms with Gasteiger partial charge in [-0.2, -0.15) is 0 Å². The molecule has 2 saturated heterocycles. The van der Waals surface area contributed by atoms with Crippen molar-refractivity contribution in [2.75, 3.05) is 26.2 Å². The maximum Gasteiger partial charge on any atom is 0.0593 e. The molecule has 19 heavy (non-hydrogen) atoms. The number of ether oxygens (including phenoxy) is 1. The van der Waals surface area contributed by atoms with Crippen LogP contribution in [0.3, 0.4) is 0 Å². The van der Waals surface area contributed by atoms with E-state index in [-0.39, 0.29) is 5.54 Å². The Labute approximate surface area is 118 Å². The quantitative estimate of drug-likeness (QED) is 0.833. The zero-order valence-corrected chi connectivity index (χ0v) is 12.9. The summed E-state index contributed by atoms with van der Waals surface area (Å²) in [7, 11) is 0. The van der Waals surface area contributed by atoms with Gasteiger partial charge in [0.2, 0.25) is 0 Å². The summed E-state index contributed by atoms with van der Waals surface area (Å²) in [5.74, 6) is 0.879. The van der Waals surface area contributed by atoms with E-state index in [2.05, 4.69) is 18.7 Å². The Morgan fingerprint density at radius 1 is 1.37 bits per heavy atom. The molecule has 3 nitrogen and oxygen atoms in total. The molecule has 0 radical (unpaired) electrons. The first-order chi connectivity index (χ1) is 9.24. The minimum absolute atomic E-state index is 0.228. The molecule has 0 aromatic heterocycles. The van der Waals surface area contributed by atoms with Crippen LogP contribution in [-0.2, 0) is 4.74 Å². The predicted octanol–water partition coefficient (Wildman–Crippen LogP) is 2.79. The third-order valence-corrected chi connectivity index (χ3v) is 5.29. The number of nitrogens with zero attached hydrogens (tertiary/aromatic N) is 1. The van der Waals surface area contributed by atoms with Gasteiger partial charge in [0.05, 0.1) is 6.10 Å². The number of hydrogen-bond donors (Lipinski definition) is 1. The molecule has 0 aliphatic carbocycles. The van der Waals surface area contributed by atoms with Crippen LogP contribution in [0, 0.1) is 5.92 Å². The van der Waals surface area contributed by atoms with Crippen molar-refractivity contribution in [1.82, 2.24) is 4.90 Å². The van der Waals surface area contributed by atoms with Gasteiger partial charge in [0.25, 0.3) is 0 Å². The highest BCUT2D eigenvalue weighted by Gasteiger charge is 2.41. The summed E-state index contributed by atoms with van der Waals surface area (Å²) >= 11 is 0. The van der Waals surface area contributed by atoms with Crippen LogP contribution in [-0.4, -0.2) is 42.8 Å². The van der Waals surface area contributed by atoms with Gasteiger partial charge in [0.15, 0.2) is 0 Å². The maximum atomic E-state index is 6.22. The second-order valence-electron chi connectivity index (χ2n) is 6.53. The molecule has 3 heteroatoms. The summed E-state index contributed by atoms with van der Waals surface area (Å²) in [6, 6.07) is 0. The van der Waals surface area contributed by atoms with Crippen molar-refractivity contribution < 1.29 is 4.74 Å². The molecule has 2 rings (SSSR count). The number of rotatable bonds is 5. The van der Waals surface area contributed by atoms with Gasteiger partial charge in [-0.05, 0) is 44.6 Å². The van der Waals surface area contributed by atoms with Crippen LogP contribution >= 0.6 is 0 Å². The molecule has 2 N–H and O–H groups in total. The lowest BCUT2D eigenvalue weighted by Crippen LogP contribution is -2.60. The lowest BCUT2D eigenvalue weighted by Gasteiger charge is -2.51. The highest BCUT2D eigenvalue weighted by molar-refractivity contribution is 4.98. The fourth-order valence-electron chi connectivity index (χ4n) is 3.94.